The maximum Gasteiger partial charge on any atom is 0.0140 e. The van der Waals surface area contributed by atoms with Crippen LogP contribution in [0.15, 0.2) is 23.8 Å². The third kappa shape index (κ3) is 2.71. The summed E-state index contributed by atoms with van der Waals surface area (Å²) in [6, 6.07) is 6.51. The summed E-state index contributed by atoms with van der Waals surface area (Å²) in [6.07, 6.45) is 3.22. The lowest BCUT2D eigenvalue weighted by atomic mass is 10.0. The first-order chi connectivity index (χ1) is 6.67. The van der Waals surface area contributed by atoms with Crippen molar-refractivity contribution in [3.8, 4) is 0 Å². The van der Waals surface area contributed by atoms with E-state index in [0.29, 0.717) is 6.54 Å². The average Bonchev–Trinajstić information content (AvgIpc) is 2.19. The van der Waals surface area contributed by atoms with E-state index in [2.05, 4.69) is 45.0 Å². The van der Waals surface area contributed by atoms with Crippen LogP contribution in [0.2, 0.25) is 0 Å². The van der Waals surface area contributed by atoms with Crippen LogP contribution in [0.25, 0.3) is 6.08 Å². The number of hydrogen-bond donors (Lipinski definition) is 1. The van der Waals surface area contributed by atoms with E-state index in [9.17, 15) is 0 Å². The van der Waals surface area contributed by atoms with Gasteiger partial charge in [0.15, 0.2) is 0 Å². The van der Waals surface area contributed by atoms with Crippen molar-refractivity contribution in [2.75, 3.05) is 6.54 Å². The van der Waals surface area contributed by atoms with Crippen molar-refractivity contribution in [2.24, 2.45) is 5.73 Å². The van der Waals surface area contributed by atoms with Gasteiger partial charge in [0, 0.05) is 6.54 Å². The lowest BCUT2D eigenvalue weighted by molar-refractivity contribution is 1.02. The monoisotopic (exact) mass is 189 g/mol. The fraction of sp³-hybridized carbons (Fsp3) is 0.385. The highest BCUT2D eigenvalue weighted by Crippen LogP contribution is 2.13. The third-order valence-electron chi connectivity index (χ3n) is 2.62. The molecule has 1 heteroatoms. The predicted molar refractivity (Wildman–Crippen MR) is 63.2 cm³/mol. The van der Waals surface area contributed by atoms with Gasteiger partial charge in [-0.1, -0.05) is 36.8 Å². The second kappa shape index (κ2) is 4.97. The van der Waals surface area contributed by atoms with Crippen LogP contribution in [0.5, 0.6) is 0 Å². The van der Waals surface area contributed by atoms with Crippen molar-refractivity contribution in [3.63, 3.8) is 0 Å². The minimum atomic E-state index is 0.656. The second-order valence-electron chi connectivity index (χ2n) is 3.70. The van der Waals surface area contributed by atoms with Crippen LogP contribution in [0.3, 0.4) is 0 Å². The summed E-state index contributed by atoms with van der Waals surface area (Å²) in [4.78, 5) is 0. The molecule has 0 aliphatic carbocycles. The molecule has 0 saturated heterocycles. The molecule has 0 radical (unpaired) electrons. The van der Waals surface area contributed by atoms with E-state index in [1.54, 1.807) is 0 Å². The molecule has 0 saturated carbocycles. The summed E-state index contributed by atoms with van der Waals surface area (Å²) < 4.78 is 0. The van der Waals surface area contributed by atoms with E-state index >= 15 is 0 Å². The molecule has 1 rings (SSSR count). The first-order valence-corrected chi connectivity index (χ1v) is 5.14. The minimum absolute atomic E-state index is 0.656. The summed E-state index contributed by atoms with van der Waals surface area (Å²) in [7, 11) is 0. The van der Waals surface area contributed by atoms with Crippen LogP contribution in [0.1, 0.15) is 30.0 Å². The summed E-state index contributed by atoms with van der Waals surface area (Å²) >= 11 is 0. The Morgan fingerprint density at radius 1 is 1.29 bits per heavy atom. The van der Waals surface area contributed by atoms with Gasteiger partial charge in [-0.15, -0.1) is 0 Å². The highest BCUT2D eigenvalue weighted by atomic mass is 14.5. The van der Waals surface area contributed by atoms with Crippen molar-refractivity contribution >= 4 is 6.08 Å². The van der Waals surface area contributed by atoms with Gasteiger partial charge in [-0.25, -0.2) is 0 Å². The zero-order valence-corrected chi connectivity index (χ0v) is 9.30. The van der Waals surface area contributed by atoms with Gasteiger partial charge in [-0.3, -0.25) is 0 Å². The molecule has 1 aromatic carbocycles. The van der Waals surface area contributed by atoms with Gasteiger partial charge in [0.2, 0.25) is 0 Å². The van der Waals surface area contributed by atoms with E-state index in [0.717, 1.165) is 6.42 Å². The molecule has 0 heterocycles. The molecule has 0 aromatic heterocycles. The summed E-state index contributed by atoms with van der Waals surface area (Å²) in [5, 5.41) is 0. The van der Waals surface area contributed by atoms with Crippen LogP contribution in [-0.4, -0.2) is 6.54 Å². The van der Waals surface area contributed by atoms with E-state index < -0.39 is 0 Å². The van der Waals surface area contributed by atoms with Crippen LogP contribution >= 0.6 is 0 Å². The normalized spacial score (nSPS) is 11.9. The van der Waals surface area contributed by atoms with E-state index in [-0.39, 0.29) is 0 Å². The van der Waals surface area contributed by atoms with Crippen molar-refractivity contribution in [2.45, 2.75) is 27.2 Å². The Bertz CT molecular complexity index is 331. The Morgan fingerprint density at radius 3 is 2.50 bits per heavy atom. The fourth-order valence-corrected chi connectivity index (χ4v) is 1.40. The predicted octanol–water partition coefficient (Wildman–Crippen LogP) is 3.06. The topological polar surface area (TPSA) is 26.0 Å². The molecule has 1 nitrogen and oxygen atoms in total. The summed E-state index contributed by atoms with van der Waals surface area (Å²) in [6.45, 7) is 7.07. The quantitative estimate of drug-likeness (QED) is 0.777. The minimum Gasteiger partial charge on any atom is -0.327 e. The zero-order chi connectivity index (χ0) is 10.6. The van der Waals surface area contributed by atoms with E-state index in [1.807, 2.05) is 0 Å². The van der Waals surface area contributed by atoms with Gasteiger partial charge in [0.25, 0.3) is 0 Å². The molecular formula is C13H19N. The lowest BCUT2D eigenvalue weighted by Crippen LogP contribution is -2.01. The fourth-order valence-electron chi connectivity index (χ4n) is 1.40. The van der Waals surface area contributed by atoms with Crippen molar-refractivity contribution in [1.82, 2.24) is 0 Å². The van der Waals surface area contributed by atoms with Gasteiger partial charge in [0.05, 0.1) is 0 Å². The highest BCUT2D eigenvalue weighted by molar-refractivity contribution is 5.55. The highest BCUT2D eigenvalue weighted by Gasteiger charge is 1.95. The smallest absolute Gasteiger partial charge is 0.0140 e. The molecule has 0 aliphatic rings. The SMILES string of the molecule is CC/C(=C/c1ccc(C)c(C)c1)CN. The van der Waals surface area contributed by atoms with Crippen molar-refractivity contribution < 1.29 is 0 Å². The number of nitrogens with two attached hydrogens (primary N) is 1. The van der Waals surface area contributed by atoms with Gasteiger partial charge in [0.1, 0.15) is 0 Å². The van der Waals surface area contributed by atoms with Crippen LogP contribution in [0, 0.1) is 13.8 Å². The molecule has 0 spiro atoms. The Morgan fingerprint density at radius 2 is 2.00 bits per heavy atom. The van der Waals surface area contributed by atoms with Crippen LogP contribution in [-0.2, 0) is 0 Å². The largest absolute Gasteiger partial charge is 0.327 e. The maximum absolute atomic E-state index is 5.63. The molecule has 76 valence electrons. The molecule has 0 bridgehead atoms. The molecule has 0 aliphatic heterocycles. The van der Waals surface area contributed by atoms with Gasteiger partial charge in [-0.05, 0) is 37.0 Å². The third-order valence-corrected chi connectivity index (χ3v) is 2.62. The van der Waals surface area contributed by atoms with Crippen molar-refractivity contribution in [3.05, 3.63) is 40.5 Å². The van der Waals surface area contributed by atoms with Gasteiger partial charge >= 0.3 is 0 Å². The molecule has 2 N–H and O–H groups in total. The zero-order valence-electron chi connectivity index (χ0n) is 9.30. The molecule has 14 heavy (non-hydrogen) atoms. The number of benzene rings is 1. The lowest BCUT2D eigenvalue weighted by Gasteiger charge is -2.03. The van der Waals surface area contributed by atoms with Crippen LogP contribution < -0.4 is 5.73 Å². The Kier molecular flexibility index (Phi) is 3.90. The number of aryl methyl sites for hydroxylation is 2. The number of hydrogen-bond acceptors (Lipinski definition) is 1. The Hall–Kier alpha value is -1.08. The van der Waals surface area contributed by atoms with Crippen molar-refractivity contribution in [1.29, 1.82) is 0 Å². The summed E-state index contributed by atoms with van der Waals surface area (Å²) in [5.74, 6) is 0. The molecule has 0 unspecified atom stereocenters. The molecule has 0 amide bonds. The first-order valence-electron chi connectivity index (χ1n) is 5.14. The Labute approximate surface area is 86.6 Å². The maximum atomic E-state index is 5.63. The van der Waals surface area contributed by atoms with Gasteiger partial charge in [-0.2, -0.15) is 0 Å². The molecule has 0 fully saturated rings. The number of rotatable bonds is 3. The first kappa shape index (κ1) is 11.0. The average molecular weight is 189 g/mol. The Balaban J connectivity index is 2.97. The van der Waals surface area contributed by atoms with E-state index in [1.165, 1.54) is 22.3 Å². The second-order valence-corrected chi connectivity index (χ2v) is 3.70. The summed E-state index contributed by atoms with van der Waals surface area (Å²) in [5.41, 5.74) is 10.9. The van der Waals surface area contributed by atoms with E-state index in [4.69, 9.17) is 5.73 Å². The van der Waals surface area contributed by atoms with Gasteiger partial charge < -0.3 is 5.73 Å². The molecule has 1 aromatic rings. The molecule has 0 atom stereocenters. The van der Waals surface area contributed by atoms with Crippen LogP contribution in [0.4, 0.5) is 0 Å². The molecular weight excluding hydrogens is 170 g/mol. The standard InChI is InChI=1S/C13H19N/c1-4-12(9-14)8-13-6-5-10(2)11(3)7-13/h5-8H,4,9,14H2,1-3H3/b12-8-.